The summed E-state index contributed by atoms with van der Waals surface area (Å²) < 4.78 is 12.7. The highest BCUT2D eigenvalue weighted by Gasteiger charge is 2.22. The van der Waals surface area contributed by atoms with E-state index in [1.165, 1.54) is 0 Å². The number of hydrogen-bond donors (Lipinski definition) is 2. The Labute approximate surface area is 167 Å². The molecule has 3 heterocycles. The standard InChI is InChI=1S/C21H22N4O4/c1-3-13(2)22-21(27)19-24-18(15-6-4-5-9-25(15)19)20(26)23-14-7-8-16-17(12-14)29-11-10-28-16/h4-9,12-13H,3,10-11H2,1-2H3,(H,22,27)(H,23,26). The third kappa shape index (κ3) is 3.73. The van der Waals surface area contributed by atoms with Gasteiger partial charge in [0.25, 0.3) is 11.8 Å². The SMILES string of the molecule is CCC(C)NC(=O)c1nc(C(=O)Nc2ccc3c(c2)OCCO3)c2ccccn12. The fraction of sp³-hybridized carbons (Fsp3) is 0.286. The summed E-state index contributed by atoms with van der Waals surface area (Å²) in [5, 5.41) is 5.71. The van der Waals surface area contributed by atoms with Crippen LogP contribution < -0.4 is 20.1 Å². The Bertz CT molecular complexity index is 1080. The highest BCUT2D eigenvalue weighted by Crippen LogP contribution is 2.32. The van der Waals surface area contributed by atoms with Gasteiger partial charge in [0, 0.05) is 24.0 Å². The van der Waals surface area contributed by atoms with Gasteiger partial charge < -0.3 is 20.1 Å². The van der Waals surface area contributed by atoms with E-state index in [-0.39, 0.29) is 23.5 Å². The minimum atomic E-state index is -0.409. The lowest BCUT2D eigenvalue weighted by Gasteiger charge is -2.18. The number of benzene rings is 1. The lowest BCUT2D eigenvalue weighted by atomic mass is 10.2. The van der Waals surface area contributed by atoms with E-state index in [2.05, 4.69) is 15.6 Å². The van der Waals surface area contributed by atoms with Crippen molar-refractivity contribution in [1.29, 1.82) is 0 Å². The van der Waals surface area contributed by atoms with E-state index >= 15 is 0 Å². The Morgan fingerprint density at radius 3 is 2.72 bits per heavy atom. The zero-order valence-corrected chi connectivity index (χ0v) is 16.3. The van der Waals surface area contributed by atoms with Gasteiger partial charge in [-0.2, -0.15) is 0 Å². The molecule has 0 bridgehead atoms. The lowest BCUT2D eigenvalue weighted by Crippen LogP contribution is -2.33. The van der Waals surface area contributed by atoms with E-state index in [4.69, 9.17) is 9.47 Å². The van der Waals surface area contributed by atoms with Crippen LogP contribution >= 0.6 is 0 Å². The van der Waals surface area contributed by atoms with Gasteiger partial charge in [0.1, 0.15) is 13.2 Å². The van der Waals surface area contributed by atoms with Gasteiger partial charge in [0.2, 0.25) is 5.82 Å². The van der Waals surface area contributed by atoms with Gasteiger partial charge in [0.05, 0.1) is 5.52 Å². The molecular formula is C21H22N4O4. The Morgan fingerprint density at radius 2 is 1.93 bits per heavy atom. The number of carbonyl (C=O) groups is 2. The number of carbonyl (C=O) groups excluding carboxylic acids is 2. The first kappa shape index (κ1) is 18.8. The highest BCUT2D eigenvalue weighted by molar-refractivity contribution is 6.09. The second-order valence-corrected chi connectivity index (χ2v) is 6.84. The van der Waals surface area contributed by atoms with Gasteiger partial charge in [-0.15, -0.1) is 0 Å². The molecule has 8 heteroatoms. The molecule has 0 radical (unpaired) electrons. The summed E-state index contributed by atoms with van der Waals surface area (Å²) in [5.74, 6) is 0.670. The molecule has 4 rings (SSSR count). The highest BCUT2D eigenvalue weighted by atomic mass is 16.6. The van der Waals surface area contributed by atoms with Crippen LogP contribution in [0, 0.1) is 0 Å². The van der Waals surface area contributed by atoms with Crippen molar-refractivity contribution in [3.63, 3.8) is 0 Å². The molecule has 0 saturated carbocycles. The normalized spacial score (nSPS) is 13.7. The first-order chi connectivity index (χ1) is 14.1. The van der Waals surface area contributed by atoms with Crippen LogP contribution in [0.3, 0.4) is 0 Å². The van der Waals surface area contributed by atoms with Gasteiger partial charge in [-0.1, -0.05) is 13.0 Å². The molecule has 3 aromatic rings. The molecule has 0 spiro atoms. The van der Waals surface area contributed by atoms with Crippen LogP contribution in [0.2, 0.25) is 0 Å². The van der Waals surface area contributed by atoms with Crippen LogP contribution in [0.5, 0.6) is 11.5 Å². The van der Waals surface area contributed by atoms with Crippen molar-refractivity contribution >= 4 is 23.0 Å². The molecule has 29 heavy (non-hydrogen) atoms. The third-order valence-corrected chi connectivity index (χ3v) is 4.76. The zero-order chi connectivity index (χ0) is 20.4. The number of aromatic nitrogens is 2. The van der Waals surface area contributed by atoms with Crippen molar-refractivity contribution in [3.8, 4) is 11.5 Å². The number of ether oxygens (including phenoxy) is 2. The molecule has 8 nitrogen and oxygen atoms in total. The Hall–Kier alpha value is -3.55. The number of anilines is 1. The second kappa shape index (κ2) is 7.83. The topological polar surface area (TPSA) is 94.0 Å². The van der Waals surface area contributed by atoms with Crippen LogP contribution in [0.15, 0.2) is 42.6 Å². The van der Waals surface area contributed by atoms with E-state index in [0.717, 1.165) is 6.42 Å². The molecular weight excluding hydrogens is 372 g/mol. The summed E-state index contributed by atoms with van der Waals surface area (Å²) >= 11 is 0. The summed E-state index contributed by atoms with van der Waals surface area (Å²) in [6.07, 6.45) is 2.52. The molecule has 1 aliphatic heterocycles. The van der Waals surface area contributed by atoms with Crippen molar-refractivity contribution < 1.29 is 19.1 Å². The molecule has 1 atom stereocenters. The second-order valence-electron chi connectivity index (χ2n) is 6.84. The Morgan fingerprint density at radius 1 is 1.14 bits per heavy atom. The van der Waals surface area contributed by atoms with Crippen molar-refractivity contribution in [2.24, 2.45) is 0 Å². The summed E-state index contributed by atoms with van der Waals surface area (Å²) in [7, 11) is 0. The summed E-state index contributed by atoms with van der Waals surface area (Å²) in [4.78, 5) is 29.9. The van der Waals surface area contributed by atoms with Gasteiger partial charge in [0.15, 0.2) is 17.2 Å². The maximum Gasteiger partial charge on any atom is 0.287 e. The lowest BCUT2D eigenvalue weighted by molar-refractivity contribution is 0.0928. The van der Waals surface area contributed by atoms with E-state index in [0.29, 0.717) is 35.9 Å². The zero-order valence-electron chi connectivity index (χ0n) is 16.3. The predicted octanol–water partition coefficient (Wildman–Crippen LogP) is 2.89. The molecule has 1 unspecified atom stereocenters. The maximum atomic E-state index is 12.9. The van der Waals surface area contributed by atoms with Crippen LogP contribution in [-0.2, 0) is 0 Å². The van der Waals surface area contributed by atoms with Crippen molar-refractivity contribution in [2.45, 2.75) is 26.3 Å². The number of pyridine rings is 1. The number of nitrogens with zero attached hydrogens (tertiary/aromatic N) is 2. The molecule has 0 aliphatic carbocycles. The Kier molecular flexibility index (Phi) is 5.07. The number of rotatable bonds is 5. The van der Waals surface area contributed by atoms with Crippen LogP contribution in [-0.4, -0.2) is 40.5 Å². The minimum absolute atomic E-state index is 0.00792. The first-order valence-corrected chi connectivity index (χ1v) is 9.55. The van der Waals surface area contributed by atoms with Crippen molar-refractivity contribution in [3.05, 3.63) is 54.1 Å². The number of imidazole rings is 1. The van der Waals surface area contributed by atoms with E-state index < -0.39 is 5.91 Å². The van der Waals surface area contributed by atoms with Crippen LogP contribution in [0.1, 0.15) is 41.4 Å². The van der Waals surface area contributed by atoms with E-state index in [1.54, 1.807) is 47.0 Å². The maximum absolute atomic E-state index is 12.9. The molecule has 0 saturated heterocycles. The molecule has 0 fully saturated rings. The summed E-state index contributed by atoms with van der Waals surface area (Å²) in [6.45, 7) is 4.87. The van der Waals surface area contributed by atoms with Gasteiger partial charge >= 0.3 is 0 Å². The number of nitrogens with one attached hydrogen (secondary N) is 2. The number of amides is 2. The van der Waals surface area contributed by atoms with Crippen LogP contribution in [0.4, 0.5) is 5.69 Å². The van der Waals surface area contributed by atoms with Crippen molar-refractivity contribution in [1.82, 2.24) is 14.7 Å². The first-order valence-electron chi connectivity index (χ1n) is 9.55. The van der Waals surface area contributed by atoms with Gasteiger partial charge in [-0.05, 0) is 37.6 Å². The molecule has 1 aliphatic rings. The monoisotopic (exact) mass is 394 g/mol. The fourth-order valence-corrected chi connectivity index (χ4v) is 3.07. The fourth-order valence-electron chi connectivity index (χ4n) is 3.07. The molecule has 1 aromatic carbocycles. The predicted molar refractivity (Wildman–Crippen MR) is 108 cm³/mol. The summed E-state index contributed by atoms with van der Waals surface area (Å²) in [6, 6.07) is 10.5. The average molecular weight is 394 g/mol. The Balaban J connectivity index is 1.63. The van der Waals surface area contributed by atoms with Crippen molar-refractivity contribution in [2.75, 3.05) is 18.5 Å². The van der Waals surface area contributed by atoms with E-state index in [1.807, 2.05) is 13.8 Å². The van der Waals surface area contributed by atoms with E-state index in [9.17, 15) is 9.59 Å². The largest absolute Gasteiger partial charge is 0.486 e. The minimum Gasteiger partial charge on any atom is -0.486 e. The average Bonchev–Trinajstić information content (AvgIpc) is 3.13. The number of fused-ring (bicyclic) bond motifs is 2. The quantitative estimate of drug-likeness (QED) is 0.694. The summed E-state index contributed by atoms with van der Waals surface area (Å²) in [5.41, 5.74) is 1.29. The molecule has 2 amide bonds. The van der Waals surface area contributed by atoms with Gasteiger partial charge in [-0.25, -0.2) is 4.98 Å². The molecule has 2 N–H and O–H groups in total. The smallest absolute Gasteiger partial charge is 0.287 e. The van der Waals surface area contributed by atoms with Crippen LogP contribution in [0.25, 0.3) is 5.52 Å². The molecule has 2 aromatic heterocycles. The van der Waals surface area contributed by atoms with Gasteiger partial charge in [-0.3, -0.25) is 14.0 Å². The number of hydrogen-bond acceptors (Lipinski definition) is 5. The third-order valence-electron chi connectivity index (χ3n) is 4.76. The molecule has 150 valence electrons.